The maximum Gasteiger partial charge on any atom is 0.514 e. The van der Waals surface area contributed by atoms with Gasteiger partial charge in [-0.3, -0.25) is 38.9 Å². The van der Waals surface area contributed by atoms with Crippen LogP contribution in [0, 0.1) is 10.1 Å². The van der Waals surface area contributed by atoms with Crippen molar-refractivity contribution in [1.82, 2.24) is 26.6 Å². The van der Waals surface area contributed by atoms with Gasteiger partial charge in [0.15, 0.2) is 18.3 Å². The van der Waals surface area contributed by atoms with Gasteiger partial charge in [0.1, 0.15) is 55.2 Å². The Labute approximate surface area is 544 Å². The molecule has 3 saturated heterocycles. The second-order valence-electron chi connectivity index (χ2n) is 23.3. The van der Waals surface area contributed by atoms with Crippen LogP contribution in [0.15, 0.2) is 104 Å². The zero-order valence-electron chi connectivity index (χ0n) is 52.8. The standard InChI is InChI=1S/C65H74N6O24/c1-8-28-84-60(78)57-55(89-35(2)72)56(90-36(3)73)58(91-37(4)74)61(94-57)93-50-25-20-38(31-88-64(81)92-41-23-21-40(22-24-41)71(82)83)29-39(50)30-67-51(75)26-27-66-59(77)47(69-62(79)87-32-46-44-16-11-9-14-42(44)43-15-10-12-17-45(43)46)18-13-19-52(76)68-48-33-85-54-49(34-86-53(48)54)70-63(80)95-65(5,6)7/h8-12,14-17,20-25,29,46-49,53-58,61H,1,13,18-19,26-28,30-34H2,2-7H3,(H,66,77)(H,67,75)(H,68,76)(H,69,79)(H,70,80)/t47-,48-,49-,53+,54+,55-,56-,57-,58+,61+/m0/s1. The third-order valence-corrected chi connectivity index (χ3v) is 15.0. The molecule has 0 spiro atoms. The molecule has 0 saturated carbocycles. The van der Waals surface area contributed by atoms with Crippen LogP contribution in [0.25, 0.3) is 11.1 Å². The predicted molar refractivity (Wildman–Crippen MR) is 327 cm³/mol. The Balaban J connectivity index is 0.948. The Bertz CT molecular complexity index is 3460. The van der Waals surface area contributed by atoms with E-state index in [-0.39, 0.29) is 99.4 Å². The van der Waals surface area contributed by atoms with Gasteiger partial charge < -0.3 is 83.4 Å². The first-order valence-corrected chi connectivity index (χ1v) is 30.3. The van der Waals surface area contributed by atoms with Gasteiger partial charge in [0.25, 0.3) is 5.69 Å². The van der Waals surface area contributed by atoms with Crippen molar-refractivity contribution in [3.63, 3.8) is 0 Å². The second-order valence-corrected chi connectivity index (χ2v) is 23.3. The van der Waals surface area contributed by atoms with E-state index in [9.17, 15) is 58.1 Å². The van der Waals surface area contributed by atoms with E-state index in [1.54, 1.807) is 20.8 Å². The van der Waals surface area contributed by atoms with E-state index in [1.165, 1.54) is 36.4 Å². The Morgan fingerprint density at radius 2 is 1.34 bits per heavy atom. The lowest BCUT2D eigenvalue weighted by molar-refractivity contribution is -0.384. The highest BCUT2D eigenvalue weighted by molar-refractivity contribution is 5.87. The Morgan fingerprint density at radius 3 is 1.96 bits per heavy atom. The number of hydrogen-bond donors (Lipinski definition) is 5. The van der Waals surface area contributed by atoms with Gasteiger partial charge in [0.05, 0.1) is 30.2 Å². The number of rotatable bonds is 27. The van der Waals surface area contributed by atoms with Crippen LogP contribution < -0.4 is 36.1 Å². The summed E-state index contributed by atoms with van der Waals surface area (Å²) in [5.74, 6) is -6.27. The third kappa shape index (κ3) is 19.7. The lowest BCUT2D eigenvalue weighted by Crippen LogP contribution is -2.64. The maximum absolute atomic E-state index is 14.1. The molecule has 0 unspecified atom stereocenters. The summed E-state index contributed by atoms with van der Waals surface area (Å²) in [6, 6.07) is 21.9. The van der Waals surface area contributed by atoms with Crippen molar-refractivity contribution in [2.75, 3.05) is 33.0 Å². The first-order chi connectivity index (χ1) is 45.3. The van der Waals surface area contributed by atoms with Gasteiger partial charge in [0, 0.05) is 70.3 Å². The van der Waals surface area contributed by atoms with Crippen LogP contribution in [0.1, 0.15) is 95.4 Å². The van der Waals surface area contributed by atoms with E-state index in [4.69, 9.17) is 56.8 Å². The molecule has 4 aromatic carbocycles. The SMILES string of the molecule is C=CCOC(=O)[C@H]1O[C@@H](Oc2ccc(COC(=O)Oc3ccc([N+](=O)[O-])cc3)cc2CNC(=O)CCNC(=O)[C@H](CCCC(=O)N[C@H]2CO[C@H]3[C@@H]2OC[C@@H]3NC(=O)OC(C)(C)C)NC(=O)OCC2c3ccccc3-c3ccccc32)[C@H](OC(C)=O)[C@@H](OC(C)=O)[C@@H]1OC(C)=O. The molecule has 4 aromatic rings. The van der Waals surface area contributed by atoms with Crippen molar-refractivity contribution in [1.29, 1.82) is 0 Å². The molecule has 10 atom stereocenters. The highest BCUT2D eigenvalue weighted by Gasteiger charge is 2.56. The molecule has 0 aromatic heterocycles. The lowest BCUT2D eigenvalue weighted by atomic mass is 9.97. The average Bonchev–Trinajstić information content (AvgIpc) is 1.01. The fourth-order valence-corrected chi connectivity index (χ4v) is 11.0. The van der Waals surface area contributed by atoms with Crippen molar-refractivity contribution in [3.05, 3.63) is 136 Å². The zero-order valence-corrected chi connectivity index (χ0v) is 52.8. The molecule has 0 radical (unpaired) electrons. The summed E-state index contributed by atoms with van der Waals surface area (Å²) < 4.78 is 67.5. The molecule has 4 aliphatic rings. The van der Waals surface area contributed by atoms with Crippen LogP contribution in [0.5, 0.6) is 11.5 Å². The number of amides is 5. The largest absolute Gasteiger partial charge is 0.514 e. The van der Waals surface area contributed by atoms with Gasteiger partial charge in [-0.2, -0.15) is 0 Å². The molecule has 95 heavy (non-hydrogen) atoms. The molecule has 30 nitrogen and oxygen atoms in total. The summed E-state index contributed by atoms with van der Waals surface area (Å²) in [5, 5.41) is 24.8. The molecule has 3 fully saturated rings. The highest BCUT2D eigenvalue weighted by atomic mass is 16.7. The van der Waals surface area contributed by atoms with Crippen LogP contribution in [-0.4, -0.2) is 164 Å². The minimum absolute atomic E-state index is 0.0648. The van der Waals surface area contributed by atoms with Crippen molar-refractivity contribution in [2.45, 2.75) is 153 Å². The molecule has 3 aliphatic heterocycles. The van der Waals surface area contributed by atoms with E-state index in [1.807, 2.05) is 48.5 Å². The number of benzene rings is 4. The molecule has 1 aliphatic carbocycles. The maximum atomic E-state index is 14.1. The summed E-state index contributed by atoms with van der Waals surface area (Å²) >= 11 is 0. The smallest absolute Gasteiger partial charge is 0.460 e. The minimum Gasteiger partial charge on any atom is -0.460 e. The van der Waals surface area contributed by atoms with E-state index in [2.05, 4.69) is 33.2 Å². The molecule has 508 valence electrons. The summed E-state index contributed by atoms with van der Waals surface area (Å²) in [6.45, 7) is 10.4. The molecule has 8 rings (SSSR count). The molecular weight excluding hydrogens is 1250 g/mol. The zero-order chi connectivity index (χ0) is 68.5. The molecule has 5 N–H and O–H groups in total. The molecule has 0 bridgehead atoms. The fraction of sp³-hybridized carbons (Fsp3) is 0.446. The fourth-order valence-electron chi connectivity index (χ4n) is 11.0. The Morgan fingerprint density at radius 1 is 0.716 bits per heavy atom. The predicted octanol–water partition coefficient (Wildman–Crippen LogP) is 5.31. The molecule has 30 heteroatoms. The number of nitro groups is 1. The highest BCUT2D eigenvalue weighted by Crippen LogP contribution is 2.44. The lowest BCUT2D eigenvalue weighted by Gasteiger charge is -2.43. The third-order valence-electron chi connectivity index (χ3n) is 15.0. The van der Waals surface area contributed by atoms with Crippen LogP contribution in [0.3, 0.4) is 0 Å². The molecular formula is C65H74N6O24. The van der Waals surface area contributed by atoms with Crippen molar-refractivity contribution in [2.24, 2.45) is 0 Å². The normalized spacial score (nSPS) is 21.1. The number of alkyl carbamates (subject to hydrolysis) is 2. The quantitative estimate of drug-likeness (QED) is 0.0126. The summed E-state index contributed by atoms with van der Waals surface area (Å²) in [6.07, 6.45) is -12.1. The van der Waals surface area contributed by atoms with Crippen LogP contribution in [0.2, 0.25) is 0 Å². The number of carbonyl (C=O) groups is 10. The second kappa shape index (κ2) is 32.6. The number of carbonyl (C=O) groups excluding carboxylic acids is 10. The number of hydrogen-bond acceptors (Lipinski definition) is 24. The van der Waals surface area contributed by atoms with E-state index in [0.717, 1.165) is 55.2 Å². The summed E-state index contributed by atoms with van der Waals surface area (Å²) in [5.41, 5.74) is 3.29. The minimum atomic E-state index is -1.87. The number of ether oxygens (including phenoxy) is 12. The van der Waals surface area contributed by atoms with Crippen LogP contribution >= 0.6 is 0 Å². The average molecular weight is 1320 g/mol. The van der Waals surface area contributed by atoms with Gasteiger partial charge in [-0.25, -0.2) is 19.2 Å². The number of nitro benzene ring substituents is 1. The first kappa shape index (κ1) is 70.7. The number of esters is 4. The van der Waals surface area contributed by atoms with Crippen molar-refractivity contribution in [3.8, 4) is 22.6 Å². The van der Waals surface area contributed by atoms with E-state index < -0.39 is 138 Å². The van der Waals surface area contributed by atoms with E-state index >= 15 is 0 Å². The Hall–Kier alpha value is -10.2. The number of fused-ring (bicyclic) bond motifs is 4. The first-order valence-electron chi connectivity index (χ1n) is 30.3. The van der Waals surface area contributed by atoms with Gasteiger partial charge in [0.2, 0.25) is 30.1 Å². The summed E-state index contributed by atoms with van der Waals surface area (Å²) in [4.78, 5) is 142. The van der Waals surface area contributed by atoms with Gasteiger partial charge >= 0.3 is 42.2 Å². The Kier molecular flexibility index (Phi) is 24.2. The van der Waals surface area contributed by atoms with E-state index in [0.29, 0.717) is 0 Å². The topological polar surface area (TPSA) is 385 Å². The molecule has 3 heterocycles. The van der Waals surface area contributed by atoms with Crippen LogP contribution in [-0.2, 0) is 94.1 Å². The number of nitrogens with one attached hydrogen (secondary N) is 5. The number of non-ortho nitro benzene ring substituents is 1. The van der Waals surface area contributed by atoms with Crippen molar-refractivity contribution >= 4 is 65.6 Å². The monoisotopic (exact) mass is 1320 g/mol. The molecule has 5 amide bonds. The van der Waals surface area contributed by atoms with Crippen molar-refractivity contribution < 1.29 is 110 Å². The number of nitrogens with zero attached hydrogens (tertiary/aromatic N) is 1. The summed E-state index contributed by atoms with van der Waals surface area (Å²) in [7, 11) is 0. The van der Waals surface area contributed by atoms with Gasteiger partial charge in [-0.05, 0) is 85.7 Å². The van der Waals surface area contributed by atoms with Gasteiger partial charge in [-0.1, -0.05) is 67.3 Å². The van der Waals surface area contributed by atoms with Crippen LogP contribution in [0.4, 0.5) is 20.1 Å². The van der Waals surface area contributed by atoms with Gasteiger partial charge in [-0.15, -0.1) is 0 Å².